The molecule has 8 heteroatoms. The summed E-state index contributed by atoms with van der Waals surface area (Å²) in [5, 5.41) is 6.18. The summed E-state index contributed by atoms with van der Waals surface area (Å²) in [7, 11) is 0. The number of ether oxygens (including phenoxy) is 2. The monoisotopic (exact) mass is 439 g/mol. The molecule has 0 radical (unpaired) electrons. The van der Waals surface area contributed by atoms with Gasteiger partial charge in [-0.25, -0.2) is 4.98 Å². The molecule has 32 heavy (non-hydrogen) atoms. The Morgan fingerprint density at radius 3 is 2.56 bits per heavy atom. The summed E-state index contributed by atoms with van der Waals surface area (Å²) in [4.78, 5) is 17.7. The van der Waals surface area contributed by atoms with Crippen molar-refractivity contribution in [3.8, 4) is 11.5 Å². The second kappa shape index (κ2) is 7.47. The zero-order valence-corrected chi connectivity index (χ0v) is 17.3. The number of alkyl halides is 2. The Kier molecular flexibility index (Phi) is 4.73. The van der Waals surface area contributed by atoms with Crippen LogP contribution in [0.2, 0.25) is 0 Å². The zero-order valence-electron chi connectivity index (χ0n) is 17.3. The first kappa shape index (κ1) is 20.2. The van der Waals surface area contributed by atoms with Crippen LogP contribution >= 0.6 is 0 Å². The third-order valence-corrected chi connectivity index (χ3v) is 5.78. The third kappa shape index (κ3) is 3.84. The van der Waals surface area contributed by atoms with Crippen LogP contribution in [0.4, 0.5) is 20.4 Å². The number of pyridine rings is 1. The largest absolute Gasteiger partial charge is 0.586 e. The van der Waals surface area contributed by atoms with Crippen molar-refractivity contribution in [2.24, 2.45) is 0 Å². The highest BCUT2D eigenvalue weighted by atomic mass is 19.3. The van der Waals surface area contributed by atoms with Gasteiger partial charge in [0.2, 0.25) is 5.91 Å². The zero-order chi connectivity index (χ0) is 22.3. The fourth-order valence-corrected chi connectivity index (χ4v) is 3.81. The predicted molar refractivity (Wildman–Crippen MR) is 117 cm³/mol. The molecule has 2 aromatic carbocycles. The molecule has 0 bridgehead atoms. The molecule has 2 aliphatic rings. The quantitative estimate of drug-likeness (QED) is 0.550. The lowest BCUT2D eigenvalue weighted by Crippen LogP contribution is -2.28. The molecule has 5 rings (SSSR count). The predicted octanol–water partition coefficient (Wildman–Crippen LogP) is 5.24. The first-order valence-electron chi connectivity index (χ1n) is 10.3. The number of amides is 1. The third-order valence-electron chi connectivity index (χ3n) is 5.78. The van der Waals surface area contributed by atoms with Gasteiger partial charge in [0.05, 0.1) is 5.41 Å². The number of nitrogens with one attached hydrogen (secondary N) is 2. The topological polar surface area (TPSA) is 72.5 Å². The van der Waals surface area contributed by atoms with Gasteiger partial charge in [0.25, 0.3) is 0 Å². The van der Waals surface area contributed by atoms with Crippen molar-refractivity contribution in [2.75, 3.05) is 10.6 Å². The van der Waals surface area contributed by atoms with Gasteiger partial charge in [-0.2, -0.15) is 0 Å². The van der Waals surface area contributed by atoms with E-state index in [9.17, 15) is 13.6 Å². The molecule has 166 valence electrons. The van der Waals surface area contributed by atoms with Crippen LogP contribution in [0.15, 0.2) is 60.7 Å². The van der Waals surface area contributed by atoms with Crippen LogP contribution < -0.4 is 20.1 Å². The van der Waals surface area contributed by atoms with E-state index in [0.717, 1.165) is 11.1 Å². The Morgan fingerprint density at radius 1 is 1.06 bits per heavy atom. The number of benzene rings is 2. The SMILES string of the molecule is Cc1ccc(NC(=O)C2(c3ccc4c(c3)OC(F)(F)O4)CC2)nc1NCc1ccccc1.[HH]. The van der Waals surface area contributed by atoms with Crippen molar-refractivity contribution < 1.29 is 24.5 Å². The highest BCUT2D eigenvalue weighted by Crippen LogP contribution is 2.52. The summed E-state index contributed by atoms with van der Waals surface area (Å²) >= 11 is 0. The number of aromatic nitrogens is 1. The summed E-state index contributed by atoms with van der Waals surface area (Å²) in [6.07, 6.45) is -2.46. The van der Waals surface area contributed by atoms with Gasteiger partial charge in [0.1, 0.15) is 11.6 Å². The summed E-state index contributed by atoms with van der Waals surface area (Å²) < 4.78 is 35.6. The maximum atomic E-state index is 13.3. The molecule has 0 atom stereocenters. The maximum absolute atomic E-state index is 13.3. The van der Waals surface area contributed by atoms with Crippen molar-refractivity contribution >= 4 is 17.5 Å². The van der Waals surface area contributed by atoms with Crippen LogP contribution in [0.3, 0.4) is 0 Å². The standard InChI is InChI=1S/C24H21F2N3O3.H2/c1-15-7-10-20(28-21(15)27-14-16-5-3-2-4-6-16)29-22(30)23(11-12-23)17-8-9-18-19(13-17)32-24(25,26)31-18;/h2-10,13H,11-12,14H2,1H3,(H2,27,28,29,30);1H. The van der Waals surface area contributed by atoms with E-state index in [4.69, 9.17) is 0 Å². The minimum atomic E-state index is -3.69. The molecule has 3 aromatic rings. The Hall–Kier alpha value is -3.68. The van der Waals surface area contributed by atoms with E-state index in [-0.39, 0.29) is 18.8 Å². The van der Waals surface area contributed by atoms with E-state index in [1.54, 1.807) is 12.1 Å². The molecule has 2 N–H and O–H groups in total. The van der Waals surface area contributed by atoms with Crippen LogP contribution in [0, 0.1) is 6.92 Å². The minimum absolute atomic E-state index is 0. The van der Waals surface area contributed by atoms with Crippen molar-refractivity contribution in [3.05, 3.63) is 77.4 Å². The number of rotatable bonds is 6. The van der Waals surface area contributed by atoms with Crippen molar-refractivity contribution in [2.45, 2.75) is 38.0 Å². The van der Waals surface area contributed by atoms with E-state index in [2.05, 4.69) is 25.1 Å². The number of carbonyl (C=O) groups excluding carboxylic acids is 1. The van der Waals surface area contributed by atoms with Gasteiger partial charge in [-0.1, -0.05) is 42.5 Å². The van der Waals surface area contributed by atoms with E-state index in [0.29, 0.717) is 36.6 Å². The lowest BCUT2D eigenvalue weighted by Gasteiger charge is -2.17. The van der Waals surface area contributed by atoms with Gasteiger partial charge in [0, 0.05) is 7.97 Å². The second-order valence-corrected chi connectivity index (χ2v) is 8.07. The number of carbonyl (C=O) groups is 1. The highest BCUT2D eigenvalue weighted by Gasteiger charge is 2.53. The van der Waals surface area contributed by atoms with Gasteiger partial charge in [-0.15, -0.1) is 8.78 Å². The molecule has 6 nitrogen and oxygen atoms in total. The van der Waals surface area contributed by atoms with Crippen LogP contribution in [-0.2, 0) is 16.8 Å². The number of nitrogens with zero attached hydrogens (tertiary/aromatic N) is 1. The molecule has 1 aromatic heterocycles. The molecule has 1 aliphatic heterocycles. The summed E-state index contributed by atoms with van der Waals surface area (Å²) in [6.45, 7) is 2.55. The summed E-state index contributed by atoms with van der Waals surface area (Å²) in [5.74, 6) is 0.779. The van der Waals surface area contributed by atoms with Crippen LogP contribution in [-0.4, -0.2) is 17.2 Å². The first-order chi connectivity index (χ1) is 15.3. The van der Waals surface area contributed by atoms with Gasteiger partial charge < -0.3 is 20.1 Å². The van der Waals surface area contributed by atoms with Gasteiger partial charge >= 0.3 is 6.29 Å². The number of hydrogen-bond acceptors (Lipinski definition) is 5. The molecule has 0 spiro atoms. The Morgan fingerprint density at radius 2 is 1.81 bits per heavy atom. The smallest absolute Gasteiger partial charge is 0.395 e. The number of fused-ring (bicyclic) bond motifs is 1. The fraction of sp³-hybridized carbons (Fsp3) is 0.250. The Balaban J connectivity index is 0.00000259. The fourth-order valence-electron chi connectivity index (χ4n) is 3.81. The van der Waals surface area contributed by atoms with Gasteiger partial charge in [-0.05, 0) is 54.7 Å². The second-order valence-electron chi connectivity index (χ2n) is 8.07. The molecular weight excluding hydrogens is 416 g/mol. The lowest BCUT2D eigenvalue weighted by molar-refractivity contribution is -0.286. The van der Waals surface area contributed by atoms with Gasteiger partial charge in [-0.3, -0.25) is 4.79 Å². The average Bonchev–Trinajstić information content (AvgIpc) is 3.52. The van der Waals surface area contributed by atoms with Crippen LogP contribution in [0.25, 0.3) is 0 Å². The Labute approximate surface area is 185 Å². The van der Waals surface area contributed by atoms with Crippen LogP contribution in [0.5, 0.6) is 11.5 Å². The lowest BCUT2D eigenvalue weighted by atomic mass is 9.94. The Bertz CT molecular complexity index is 1190. The first-order valence-corrected chi connectivity index (χ1v) is 10.3. The van der Waals surface area contributed by atoms with Crippen molar-refractivity contribution in [1.82, 2.24) is 4.98 Å². The summed E-state index contributed by atoms with van der Waals surface area (Å²) in [6, 6.07) is 18.1. The molecule has 1 fully saturated rings. The molecular formula is C24H23F2N3O3. The number of anilines is 2. The number of halogens is 2. The van der Waals surface area contributed by atoms with E-state index in [1.165, 1.54) is 12.1 Å². The van der Waals surface area contributed by atoms with E-state index >= 15 is 0 Å². The summed E-state index contributed by atoms with van der Waals surface area (Å²) in [5.41, 5.74) is 1.90. The maximum Gasteiger partial charge on any atom is 0.586 e. The average molecular weight is 439 g/mol. The normalized spacial score (nSPS) is 17.0. The van der Waals surface area contributed by atoms with Crippen molar-refractivity contribution in [1.29, 1.82) is 0 Å². The molecule has 0 unspecified atom stereocenters. The molecule has 1 amide bonds. The van der Waals surface area contributed by atoms with Gasteiger partial charge in [0.15, 0.2) is 11.5 Å². The van der Waals surface area contributed by atoms with E-state index < -0.39 is 11.7 Å². The molecule has 1 aliphatic carbocycles. The van der Waals surface area contributed by atoms with Crippen molar-refractivity contribution in [3.63, 3.8) is 0 Å². The molecule has 0 saturated heterocycles. The molecule has 1 saturated carbocycles. The number of aryl methyl sites for hydroxylation is 1. The highest BCUT2D eigenvalue weighted by molar-refractivity contribution is 6.01. The van der Waals surface area contributed by atoms with E-state index in [1.807, 2.05) is 43.3 Å². The number of hydrogen-bond donors (Lipinski definition) is 2. The minimum Gasteiger partial charge on any atom is -0.395 e. The van der Waals surface area contributed by atoms with Crippen LogP contribution in [0.1, 0.15) is 31.0 Å². The molecule has 2 heterocycles.